The highest BCUT2D eigenvalue weighted by Gasteiger charge is 2.25. The first-order valence-corrected chi connectivity index (χ1v) is 15.0. The molecule has 2 nitrogen and oxygen atoms in total. The molecule has 1 aromatic rings. The topological polar surface area (TPSA) is 40.5 Å². The maximum atomic E-state index is 9.20. The van der Waals surface area contributed by atoms with Gasteiger partial charge < -0.3 is 10.2 Å². The third kappa shape index (κ3) is 7.25. The van der Waals surface area contributed by atoms with Crippen molar-refractivity contribution in [3.8, 4) is 0 Å². The zero-order chi connectivity index (χ0) is 18.2. The van der Waals surface area contributed by atoms with Gasteiger partial charge in [0.15, 0.2) is 0 Å². The van der Waals surface area contributed by atoms with Gasteiger partial charge in [-0.1, -0.05) is 24.3 Å². The van der Waals surface area contributed by atoms with E-state index in [1.165, 1.54) is 11.1 Å². The molecule has 26 heavy (non-hydrogen) atoms. The fraction of sp³-hybridized carbons (Fsp3) is 0.667. The van der Waals surface area contributed by atoms with Crippen LogP contribution in [-0.2, 0) is 11.5 Å². The van der Waals surface area contributed by atoms with Crippen molar-refractivity contribution >= 4 is 70.6 Å². The molecule has 2 saturated heterocycles. The summed E-state index contributed by atoms with van der Waals surface area (Å²) in [6, 6.07) is 9.09. The molecule has 4 atom stereocenters. The molecule has 2 aliphatic rings. The van der Waals surface area contributed by atoms with Crippen molar-refractivity contribution in [1.29, 1.82) is 0 Å². The average Bonchev–Trinajstić information content (AvgIpc) is 3.32. The summed E-state index contributed by atoms with van der Waals surface area (Å²) in [5, 5.41) is 19.3. The van der Waals surface area contributed by atoms with Crippen molar-refractivity contribution in [2.24, 2.45) is 0 Å². The van der Waals surface area contributed by atoms with E-state index in [-0.39, 0.29) is 0 Å². The van der Waals surface area contributed by atoms with Crippen LogP contribution in [0, 0.1) is 0 Å². The minimum Gasteiger partial charge on any atom is -0.395 e. The van der Waals surface area contributed by atoms with Gasteiger partial charge >= 0.3 is 0 Å². The Morgan fingerprint density at radius 1 is 0.769 bits per heavy atom. The third-order valence-corrected chi connectivity index (χ3v) is 13.7. The molecule has 0 aromatic heterocycles. The SMILES string of the molecule is OCC1CSC(CSCc2ccc(CSCC3SCC(CO)S3)cc2)S1. The van der Waals surface area contributed by atoms with Crippen molar-refractivity contribution in [2.75, 3.05) is 36.2 Å². The maximum Gasteiger partial charge on any atom is 0.0597 e. The van der Waals surface area contributed by atoms with Crippen LogP contribution >= 0.6 is 70.6 Å². The number of benzene rings is 1. The summed E-state index contributed by atoms with van der Waals surface area (Å²) in [4.78, 5) is 0. The molecule has 1 aromatic carbocycles. The van der Waals surface area contributed by atoms with E-state index in [9.17, 15) is 10.2 Å². The van der Waals surface area contributed by atoms with Crippen LogP contribution in [0.5, 0.6) is 0 Å². The van der Waals surface area contributed by atoms with Crippen LogP contribution in [-0.4, -0.2) is 66.1 Å². The summed E-state index contributed by atoms with van der Waals surface area (Å²) in [5.41, 5.74) is 2.81. The average molecular weight is 467 g/mol. The maximum absolute atomic E-state index is 9.20. The molecule has 2 heterocycles. The van der Waals surface area contributed by atoms with Crippen LogP contribution in [0.1, 0.15) is 11.1 Å². The van der Waals surface area contributed by atoms with Gasteiger partial charge in [-0.3, -0.25) is 0 Å². The first kappa shape index (κ1) is 21.9. The number of aliphatic hydroxyl groups excluding tert-OH is 2. The highest BCUT2D eigenvalue weighted by molar-refractivity contribution is 8.22. The van der Waals surface area contributed by atoms with E-state index in [2.05, 4.69) is 24.3 Å². The lowest BCUT2D eigenvalue weighted by atomic mass is 10.2. The van der Waals surface area contributed by atoms with Gasteiger partial charge in [0, 0.05) is 45.0 Å². The number of hydrogen-bond donors (Lipinski definition) is 2. The lowest BCUT2D eigenvalue weighted by Gasteiger charge is -2.10. The van der Waals surface area contributed by atoms with E-state index in [4.69, 9.17) is 0 Å². The summed E-state index contributed by atoms with van der Waals surface area (Å²) in [5.74, 6) is 6.66. The zero-order valence-corrected chi connectivity index (χ0v) is 19.5. The summed E-state index contributed by atoms with van der Waals surface area (Å²) in [6.45, 7) is 0.636. The molecule has 4 unspecified atom stereocenters. The van der Waals surface area contributed by atoms with E-state index in [1.807, 2.05) is 70.6 Å². The molecule has 2 fully saturated rings. The van der Waals surface area contributed by atoms with E-state index < -0.39 is 0 Å². The van der Waals surface area contributed by atoms with Crippen LogP contribution in [0.3, 0.4) is 0 Å². The number of aliphatic hydroxyl groups is 2. The minimum absolute atomic E-state index is 0.318. The Morgan fingerprint density at radius 2 is 1.19 bits per heavy atom. The lowest BCUT2D eigenvalue weighted by Crippen LogP contribution is -2.06. The van der Waals surface area contributed by atoms with Crippen molar-refractivity contribution in [3.05, 3.63) is 35.4 Å². The van der Waals surface area contributed by atoms with E-state index in [0.717, 1.165) is 34.5 Å². The Morgan fingerprint density at radius 3 is 1.54 bits per heavy atom. The fourth-order valence-electron chi connectivity index (χ4n) is 2.66. The molecule has 0 saturated carbocycles. The summed E-state index contributed by atoms with van der Waals surface area (Å²) in [6.07, 6.45) is 0. The number of thioether (sulfide) groups is 6. The number of hydrogen-bond acceptors (Lipinski definition) is 8. The standard InChI is InChI=1S/C18H26O2S6/c19-5-15-9-23-17(25-15)11-21-7-13-1-2-14(4-3-13)8-22-12-18-24-10-16(6-20)26-18/h1-4,15-20H,5-12H2. The molecule has 2 aliphatic heterocycles. The van der Waals surface area contributed by atoms with Gasteiger partial charge in [-0.15, -0.1) is 47.0 Å². The van der Waals surface area contributed by atoms with E-state index >= 15 is 0 Å². The van der Waals surface area contributed by atoms with Gasteiger partial charge in [0.25, 0.3) is 0 Å². The van der Waals surface area contributed by atoms with Crippen LogP contribution in [0.4, 0.5) is 0 Å². The van der Waals surface area contributed by atoms with Crippen molar-refractivity contribution in [3.63, 3.8) is 0 Å². The molecular formula is C18H26O2S6. The molecular weight excluding hydrogens is 441 g/mol. The number of rotatable bonds is 10. The van der Waals surface area contributed by atoms with Crippen molar-refractivity contribution < 1.29 is 10.2 Å². The molecule has 0 radical (unpaired) electrons. The summed E-state index contributed by atoms with van der Waals surface area (Å²) in [7, 11) is 0. The van der Waals surface area contributed by atoms with Crippen molar-refractivity contribution in [1.82, 2.24) is 0 Å². The Bertz CT molecular complexity index is 482. The van der Waals surface area contributed by atoms with Gasteiger partial charge in [-0.25, -0.2) is 0 Å². The highest BCUT2D eigenvalue weighted by Crippen LogP contribution is 2.40. The van der Waals surface area contributed by atoms with Gasteiger partial charge in [0.2, 0.25) is 0 Å². The second kappa shape index (κ2) is 12.1. The largest absolute Gasteiger partial charge is 0.395 e. The smallest absolute Gasteiger partial charge is 0.0597 e. The van der Waals surface area contributed by atoms with Gasteiger partial charge in [0.05, 0.1) is 22.4 Å². The second-order valence-corrected chi connectivity index (χ2v) is 14.4. The van der Waals surface area contributed by atoms with Crippen molar-refractivity contribution in [2.45, 2.75) is 31.2 Å². The van der Waals surface area contributed by atoms with Crippen LogP contribution in [0.2, 0.25) is 0 Å². The molecule has 0 bridgehead atoms. The quantitative estimate of drug-likeness (QED) is 0.523. The first-order valence-electron chi connectivity index (χ1n) is 8.76. The van der Waals surface area contributed by atoms with Gasteiger partial charge in [-0.2, -0.15) is 23.5 Å². The molecule has 146 valence electrons. The molecule has 8 heteroatoms. The van der Waals surface area contributed by atoms with Crippen LogP contribution in [0.25, 0.3) is 0 Å². The lowest BCUT2D eigenvalue weighted by molar-refractivity contribution is 0.301. The Kier molecular flexibility index (Phi) is 10.2. The molecule has 2 N–H and O–H groups in total. The molecule has 0 spiro atoms. The molecule has 0 aliphatic carbocycles. The molecule has 3 rings (SSSR count). The minimum atomic E-state index is 0.318. The normalized spacial score (nSPS) is 28.7. The Labute approximate surface area is 182 Å². The predicted octanol–water partition coefficient (Wildman–Crippen LogP) is 4.49. The van der Waals surface area contributed by atoms with Crippen LogP contribution < -0.4 is 0 Å². The zero-order valence-electron chi connectivity index (χ0n) is 14.6. The first-order chi connectivity index (χ1) is 12.8. The third-order valence-electron chi connectivity index (χ3n) is 4.10. The van der Waals surface area contributed by atoms with E-state index in [0.29, 0.717) is 32.9 Å². The van der Waals surface area contributed by atoms with Gasteiger partial charge in [0.1, 0.15) is 0 Å². The highest BCUT2D eigenvalue weighted by atomic mass is 32.2. The van der Waals surface area contributed by atoms with E-state index in [1.54, 1.807) is 0 Å². The van der Waals surface area contributed by atoms with Crippen LogP contribution in [0.15, 0.2) is 24.3 Å². The predicted molar refractivity (Wildman–Crippen MR) is 128 cm³/mol. The summed E-state index contributed by atoms with van der Waals surface area (Å²) < 4.78 is 1.29. The molecule has 0 amide bonds. The Balaban J connectivity index is 1.29. The second-order valence-electron chi connectivity index (χ2n) is 6.25. The summed E-state index contributed by atoms with van der Waals surface area (Å²) >= 11 is 11.9. The fourth-order valence-corrected chi connectivity index (χ4v) is 11.9. The monoisotopic (exact) mass is 466 g/mol. The Hall–Kier alpha value is 1.24. The van der Waals surface area contributed by atoms with Gasteiger partial charge in [-0.05, 0) is 11.1 Å².